The van der Waals surface area contributed by atoms with Gasteiger partial charge in [0, 0.05) is 11.8 Å². The second-order valence-electron chi connectivity index (χ2n) is 8.30. The van der Waals surface area contributed by atoms with Crippen LogP contribution < -0.4 is 0 Å². The van der Waals surface area contributed by atoms with Gasteiger partial charge in [-0.15, -0.1) is 6.42 Å². The van der Waals surface area contributed by atoms with Gasteiger partial charge in [-0.3, -0.25) is 4.79 Å². The molecule has 4 aliphatic carbocycles. The van der Waals surface area contributed by atoms with E-state index in [0.717, 1.165) is 44.9 Å². The Morgan fingerprint density at radius 2 is 2.00 bits per heavy atom. The van der Waals surface area contributed by atoms with Crippen molar-refractivity contribution in [3.8, 4) is 12.3 Å². The van der Waals surface area contributed by atoms with Gasteiger partial charge >= 0.3 is 0 Å². The third-order valence-electron chi connectivity index (χ3n) is 7.69. The van der Waals surface area contributed by atoms with E-state index in [2.05, 4.69) is 12.8 Å². The zero-order valence-corrected chi connectivity index (χ0v) is 13.5. The number of hydrogen-bond acceptors (Lipinski definition) is 2. The van der Waals surface area contributed by atoms with Crippen molar-refractivity contribution in [2.75, 3.05) is 0 Å². The Labute approximate surface area is 133 Å². The lowest BCUT2D eigenvalue weighted by atomic mass is 9.50. The summed E-state index contributed by atoms with van der Waals surface area (Å²) < 4.78 is 0. The molecular weight excluding hydrogens is 272 g/mol. The molecule has 0 aromatic carbocycles. The van der Waals surface area contributed by atoms with Crippen molar-refractivity contribution in [3.05, 3.63) is 11.6 Å². The number of hydrogen-bond donors (Lipinski definition) is 1. The second kappa shape index (κ2) is 4.71. The summed E-state index contributed by atoms with van der Waals surface area (Å²) in [4.78, 5) is 11.7. The van der Waals surface area contributed by atoms with E-state index in [0.29, 0.717) is 29.5 Å². The topological polar surface area (TPSA) is 37.3 Å². The van der Waals surface area contributed by atoms with Crippen LogP contribution in [-0.4, -0.2) is 16.5 Å². The van der Waals surface area contributed by atoms with Crippen molar-refractivity contribution in [2.24, 2.45) is 29.1 Å². The van der Waals surface area contributed by atoms with Crippen LogP contribution in [0.15, 0.2) is 11.6 Å². The molecule has 4 aliphatic rings. The van der Waals surface area contributed by atoms with Crippen molar-refractivity contribution in [3.63, 3.8) is 0 Å². The maximum absolute atomic E-state index is 11.7. The lowest BCUT2D eigenvalue weighted by molar-refractivity contribution is -0.116. The SMILES string of the molecule is C#C[C@]1(O)CC[C@@H]2[C@@H]3CCC4=CC(=O)CC[C@@H]4[C@H]3CC[C@@]21C. The van der Waals surface area contributed by atoms with Crippen molar-refractivity contribution in [1.29, 1.82) is 0 Å². The van der Waals surface area contributed by atoms with Crippen LogP contribution in [0.5, 0.6) is 0 Å². The summed E-state index contributed by atoms with van der Waals surface area (Å²) in [5.74, 6) is 5.66. The van der Waals surface area contributed by atoms with Crippen LogP contribution in [0, 0.1) is 41.4 Å². The van der Waals surface area contributed by atoms with Crippen LogP contribution in [0.1, 0.15) is 58.3 Å². The molecule has 0 aromatic heterocycles. The molecule has 3 fully saturated rings. The first-order chi connectivity index (χ1) is 10.5. The number of carbonyl (C=O) groups is 1. The molecule has 2 nitrogen and oxygen atoms in total. The van der Waals surface area contributed by atoms with Crippen LogP contribution >= 0.6 is 0 Å². The number of aliphatic hydroxyl groups is 1. The molecule has 0 unspecified atom stereocenters. The van der Waals surface area contributed by atoms with Crippen molar-refractivity contribution in [2.45, 2.75) is 63.9 Å². The summed E-state index contributed by atoms with van der Waals surface area (Å²) >= 11 is 0. The molecule has 0 bridgehead atoms. The van der Waals surface area contributed by atoms with Gasteiger partial charge in [0.25, 0.3) is 0 Å². The third-order valence-corrected chi connectivity index (χ3v) is 7.69. The van der Waals surface area contributed by atoms with E-state index in [1.165, 1.54) is 12.0 Å². The Kier molecular flexibility index (Phi) is 3.11. The molecule has 22 heavy (non-hydrogen) atoms. The van der Waals surface area contributed by atoms with Gasteiger partial charge in [0.1, 0.15) is 5.60 Å². The Hall–Kier alpha value is -1.07. The van der Waals surface area contributed by atoms with Gasteiger partial charge in [0.2, 0.25) is 0 Å². The minimum absolute atomic E-state index is 0.103. The van der Waals surface area contributed by atoms with Crippen LogP contribution in [0.4, 0.5) is 0 Å². The molecule has 2 heteroatoms. The van der Waals surface area contributed by atoms with Gasteiger partial charge < -0.3 is 5.11 Å². The molecule has 118 valence electrons. The van der Waals surface area contributed by atoms with E-state index in [1.807, 2.05) is 6.08 Å². The van der Waals surface area contributed by atoms with E-state index < -0.39 is 5.60 Å². The minimum atomic E-state index is -0.902. The van der Waals surface area contributed by atoms with Crippen LogP contribution in [0.2, 0.25) is 0 Å². The standard InChI is InChI=1S/C20H26O2/c1-3-20(22)11-9-18-17-6-4-13-12-14(21)5-7-15(13)16(17)8-10-19(18,20)2/h1,12,15-18,22H,4-11H2,2H3/t15-,16+,17+,18+,19-,20-/m0/s1. The summed E-state index contributed by atoms with van der Waals surface area (Å²) in [6, 6.07) is 0. The molecule has 6 atom stereocenters. The molecule has 0 heterocycles. The molecule has 0 aromatic rings. The van der Waals surface area contributed by atoms with Gasteiger partial charge in [0.05, 0.1) is 0 Å². The van der Waals surface area contributed by atoms with Crippen molar-refractivity contribution < 1.29 is 9.90 Å². The first kappa shape index (κ1) is 14.5. The van der Waals surface area contributed by atoms with Gasteiger partial charge in [-0.05, 0) is 74.7 Å². The largest absolute Gasteiger partial charge is 0.377 e. The lowest BCUT2D eigenvalue weighted by Crippen LogP contribution is -2.52. The molecule has 3 saturated carbocycles. The first-order valence-corrected chi connectivity index (χ1v) is 8.92. The highest BCUT2D eigenvalue weighted by Gasteiger charge is 2.61. The highest BCUT2D eigenvalue weighted by atomic mass is 16.3. The van der Waals surface area contributed by atoms with E-state index in [-0.39, 0.29) is 5.41 Å². The molecule has 0 radical (unpaired) electrons. The zero-order chi connectivity index (χ0) is 15.5. The smallest absolute Gasteiger partial charge is 0.155 e. The lowest BCUT2D eigenvalue weighted by Gasteiger charge is -2.54. The maximum Gasteiger partial charge on any atom is 0.155 e. The summed E-state index contributed by atoms with van der Waals surface area (Å²) in [5, 5.41) is 10.9. The average Bonchev–Trinajstić information content (AvgIpc) is 2.79. The highest BCUT2D eigenvalue weighted by molar-refractivity contribution is 5.91. The fourth-order valence-electron chi connectivity index (χ4n) is 6.43. The van der Waals surface area contributed by atoms with E-state index in [9.17, 15) is 9.90 Å². The van der Waals surface area contributed by atoms with Crippen molar-refractivity contribution in [1.82, 2.24) is 0 Å². The summed E-state index contributed by atoms with van der Waals surface area (Å²) in [6.07, 6.45) is 15.7. The van der Waals surface area contributed by atoms with Gasteiger partial charge in [0.15, 0.2) is 5.78 Å². The fraction of sp³-hybridized carbons (Fsp3) is 0.750. The predicted molar refractivity (Wildman–Crippen MR) is 85.9 cm³/mol. The molecule has 0 spiro atoms. The summed E-state index contributed by atoms with van der Waals surface area (Å²) in [5.41, 5.74) is 0.418. The van der Waals surface area contributed by atoms with Crippen molar-refractivity contribution >= 4 is 5.78 Å². The Morgan fingerprint density at radius 3 is 2.77 bits per heavy atom. The first-order valence-electron chi connectivity index (χ1n) is 8.92. The van der Waals surface area contributed by atoms with Crippen LogP contribution in [0.25, 0.3) is 0 Å². The maximum atomic E-state index is 11.7. The number of carbonyl (C=O) groups excluding carboxylic acids is 1. The van der Waals surface area contributed by atoms with Gasteiger partial charge in [-0.25, -0.2) is 0 Å². The van der Waals surface area contributed by atoms with E-state index >= 15 is 0 Å². The highest BCUT2D eigenvalue weighted by Crippen LogP contribution is 2.64. The number of terminal acetylenes is 1. The predicted octanol–water partition coefficient (Wildman–Crippen LogP) is 3.49. The molecule has 0 saturated heterocycles. The average molecular weight is 298 g/mol. The number of ketones is 1. The normalized spacial score (nSPS) is 50.4. The molecule has 0 aliphatic heterocycles. The fourth-order valence-corrected chi connectivity index (χ4v) is 6.43. The second-order valence-corrected chi connectivity index (χ2v) is 8.30. The number of rotatable bonds is 0. The Balaban J connectivity index is 1.65. The quantitative estimate of drug-likeness (QED) is 0.695. The Morgan fingerprint density at radius 1 is 1.18 bits per heavy atom. The van der Waals surface area contributed by atoms with E-state index in [1.54, 1.807) is 0 Å². The number of allylic oxidation sites excluding steroid dienone is 1. The zero-order valence-electron chi connectivity index (χ0n) is 13.5. The third kappa shape index (κ3) is 1.75. The molecule has 4 rings (SSSR count). The number of fused-ring (bicyclic) bond motifs is 5. The molecule has 0 amide bonds. The van der Waals surface area contributed by atoms with E-state index in [4.69, 9.17) is 6.42 Å². The molecule has 1 N–H and O–H groups in total. The summed E-state index contributed by atoms with van der Waals surface area (Å²) in [6.45, 7) is 2.23. The van der Waals surface area contributed by atoms with Crippen LogP contribution in [0.3, 0.4) is 0 Å². The van der Waals surface area contributed by atoms with Crippen LogP contribution in [-0.2, 0) is 4.79 Å². The summed E-state index contributed by atoms with van der Waals surface area (Å²) in [7, 11) is 0. The van der Waals surface area contributed by atoms with Gasteiger partial charge in [-0.2, -0.15) is 0 Å². The Bertz CT molecular complexity index is 583. The van der Waals surface area contributed by atoms with Gasteiger partial charge in [-0.1, -0.05) is 18.4 Å². The monoisotopic (exact) mass is 298 g/mol. The molecular formula is C20H26O2. The minimum Gasteiger partial charge on any atom is -0.377 e.